The van der Waals surface area contributed by atoms with Gasteiger partial charge in [-0.05, 0) is 19.8 Å². The smallest absolute Gasteiger partial charge is 0.149 e. The number of nitrogens with two attached hydrogens (primary N) is 1. The third-order valence-corrected chi connectivity index (χ3v) is 2.99. The molecule has 1 fully saturated rings. The van der Waals surface area contributed by atoms with Crippen LogP contribution in [0.25, 0.3) is 0 Å². The van der Waals surface area contributed by atoms with Crippen LogP contribution in [-0.4, -0.2) is 28.6 Å². The van der Waals surface area contributed by atoms with Crippen LogP contribution in [0.1, 0.15) is 19.8 Å². The minimum absolute atomic E-state index is 0.309. The van der Waals surface area contributed by atoms with E-state index in [0.29, 0.717) is 17.2 Å². The van der Waals surface area contributed by atoms with E-state index in [-0.39, 0.29) is 0 Å². The lowest BCUT2D eigenvalue weighted by molar-refractivity contribution is 0.427. The summed E-state index contributed by atoms with van der Waals surface area (Å²) in [7, 11) is 0. The maximum Gasteiger partial charge on any atom is 0.149 e. The number of hydrogen-bond donors (Lipinski definition) is 1. The molecule has 1 aliphatic heterocycles. The second-order valence-electron chi connectivity index (χ2n) is 4.03. The highest BCUT2D eigenvalue weighted by atomic mass is 35.5. The first kappa shape index (κ1) is 10.6. The number of nitrogens with zero attached hydrogens (tertiary/aromatic N) is 3. The van der Waals surface area contributed by atoms with E-state index in [1.54, 1.807) is 12.4 Å². The largest absolute Gasteiger partial charge is 0.352 e. The number of piperidine rings is 1. The zero-order chi connectivity index (χ0) is 10.8. The van der Waals surface area contributed by atoms with E-state index in [9.17, 15) is 0 Å². The van der Waals surface area contributed by atoms with Crippen LogP contribution in [0.3, 0.4) is 0 Å². The van der Waals surface area contributed by atoms with Gasteiger partial charge in [0.2, 0.25) is 0 Å². The van der Waals surface area contributed by atoms with Gasteiger partial charge in [-0.2, -0.15) is 0 Å². The van der Waals surface area contributed by atoms with E-state index in [0.717, 1.165) is 25.2 Å². The summed E-state index contributed by atoms with van der Waals surface area (Å²) in [6, 6.07) is 0.713. The molecule has 0 aliphatic carbocycles. The van der Waals surface area contributed by atoms with Crippen molar-refractivity contribution in [2.24, 2.45) is 5.73 Å². The van der Waals surface area contributed by atoms with Crippen molar-refractivity contribution in [3.8, 4) is 0 Å². The van der Waals surface area contributed by atoms with E-state index in [4.69, 9.17) is 17.3 Å². The normalized spacial score (nSPS) is 26.7. The highest BCUT2D eigenvalue weighted by molar-refractivity contribution is 6.29. The van der Waals surface area contributed by atoms with Gasteiger partial charge in [0.05, 0.1) is 12.4 Å². The molecule has 1 saturated heterocycles. The number of hydrogen-bond acceptors (Lipinski definition) is 4. The molecule has 2 rings (SSSR count). The van der Waals surface area contributed by atoms with Gasteiger partial charge in [-0.15, -0.1) is 0 Å². The molecule has 5 heteroatoms. The molecule has 0 spiro atoms. The molecule has 4 nitrogen and oxygen atoms in total. The Kier molecular flexibility index (Phi) is 3.07. The van der Waals surface area contributed by atoms with Gasteiger partial charge < -0.3 is 10.6 Å². The van der Waals surface area contributed by atoms with Gasteiger partial charge in [-0.1, -0.05) is 11.6 Å². The average Bonchev–Trinajstić information content (AvgIpc) is 2.17. The molecule has 0 saturated carbocycles. The Morgan fingerprint density at radius 3 is 3.00 bits per heavy atom. The first-order valence-electron chi connectivity index (χ1n) is 5.16. The van der Waals surface area contributed by atoms with Crippen LogP contribution in [0, 0.1) is 0 Å². The van der Waals surface area contributed by atoms with Crippen LogP contribution >= 0.6 is 11.6 Å². The minimum Gasteiger partial charge on any atom is -0.352 e. The predicted molar refractivity (Wildman–Crippen MR) is 61.1 cm³/mol. The third-order valence-electron chi connectivity index (χ3n) is 2.80. The van der Waals surface area contributed by atoms with Crippen LogP contribution in [-0.2, 0) is 0 Å². The van der Waals surface area contributed by atoms with Gasteiger partial charge >= 0.3 is 0 Å². The lowest BCUT2D eigenvalue weighted by atomic mass is 9.99. The molecular weight excluding hydrogens is 212 g/mol. The Morgan fingerprint density at radius 1 is 1.53 bits per heavy atom. The molecule has 1 aromatic rings. The van der Waals surface area contributed by atoms with Crippen LogP contribution in [0.2, 0.25) is 5.15 Å². The van der Waals surface area contributed by atoms with Gasteiger partial charge in [0.15, 0.2) is 0 Å². The highest BCUT2D eigenvalue weighted by Crippen LogP contribution is 2.22. The van der Waals surface area contributed by atoms with E-state index in [1.807, 2.05) is 0 Å². The maximum atomic E-state index is 5.91. The van der Waals surface area contributed by atoms with Gasteiger partial charge in [0, 0.05) is 18.6 Å². The molecule has 2 unspecified atom stereocenters. The van der Waals surface area contributed by atoms with Gasteiger partial charge in [-0.25, -0.2) is 4.98 Å². The second kappa shape index (κ2) is 4.33. The summed E-state index contributed by atoms with van der Waals surface area (Å²) in [5.41, 5.74) is 5.91. The first-order valence-corrected chi connectivity index (χ1v) is 5.54. The van der Waals surface area contributed by atoms with Crippen LogP contribution < -0.4 is 10.6 Å². The van der Waals surface area contributed by atoms with Crippen LogP contribution in [0.5, 0.6) is 0 Å². The zero-order valence-corrected chi connectivity index (χ0v) is 9.48. The molecule has 0 amide bonds. The Labute approximate surface area is 94.5 Å². The van der Waals surface area contributed by atoms with E-state index in [2.05, 4.69) is 21.8 Å². The summed E-state index contributed by atoms with van der Waals surface area (Å²) in [6.07, 6.45) is 5.29. The second-order valence-corrected chi connectivity index (χ2v) is 4.41. The highest BCUT2D eigenvalue weighted by Gasteiger charge is 2.24. The third kappa shape index (κ3) is 2.38. The Hall–Kier alpha value is -0.870. The Balaban J connectivity index is 2.17. The molecular formula is C10H15ClN4. The predicted octanol–water partition coefficient (Wildman–Crippen LogP) is 1.45. The number of rotatable bonds is 1. The van der Waals surface area contributed by atoms with Crippen molar-refractivity contribution in [2.75, 3.05) is 11.4 Å². The summed E-state index contributed by atoms with van der Waals surface area (Å²) in [6.45, 7) is 3.08. The first-order chi connectivity index (χ1) is 7.16. The van der Waals surface area contributed by atoms with Gasteiger partial charge in [0.25, 0.3) is 0 Å². The fourth-order valence-corrected chi connectivity index (χ4v) is 2.16. The fraction of sp³-hybridized carbons (Fsp3) is 0.600. The fourth-order valence-electron chi connectivity index (χ4n) is 2.02. The molecule has 2 N–H and O–H groups in total. The van der Waals surface area contributed by atoms with Gasteiger partial charge in [0.1, 0.15) is 11.0 Å². The van der Waals surface area contributed by atoms with Crippen molar-refractivity contribution in [1.29, 1.82) is 0 Å². The minimum atomic E-state index is 0.309. The van der Waals surface area contributed by atoms with E-state index >= 15 is 0 Å². The summed E-state index contributed by atoms with van der Waals surface area (Å²) in [4.78, 5) is 10.5. The van der Waals surface area contributed by atoms with Gasteiger partial charge in [-0.3, -0.25) is 4.98 Å². The van der Waals surface area contributed by atoms with Crippen molar-refractivity contribution in [3.63, 3.8) is 0 Å². The van der Waals surface area contributed by atoms with Crippen molar-refractivity contribution >= 4 is 17.4 Å². The molecule has 1 aromatic heterocycles. The topological polar surface area (TPSA) is 55.0 Å². The van der Waals surface area contributed by atoms with Crippen LogP contribution in [0.15, 0.2) is 12.4 Å². The molecule has 82 valence electrons. The lowest BCUT2D eigenvalue weighted by Crippen LogP contribution is -2.46. The summed E-state index contributed by atoms with van der Waals surface area (Å²) < 4.78 is 0. The molecule has 15 heavy (non-hydrogen) atoms. The maximum absolute atomic E-state index is 5.91. The zero-order valence-electron chi connectivity index (χ0n) is 8.73. The number of aromatic nitrogens is 2. The lowest BCUT2D eigenvalue weighted by Gasteiger charge is -2.37. The Morgan fingerprint density at radius 2 is 2.33 bits per heavy atom. The number of halogens is 1. The molecule has 0 bridgehead atoms. The van der Waals surface area contributed by atoms with Crippen molar-refractivity contribution in [3.05, 3.63) is 17.5 Å². The average molecular weight is 227 g/mol. The van der Waals surface area contributed by atoms with Crippen LogP contribution in [0.4, 0.5) is 5.82 Å². The molecule has 2 atom stereocenters. The summed E-state index contributed by atoms with van der Waals surface area (Å²) in [5, 5.41) is 0.439. The van der Waals surface area contributed by atoms with E-state index in [1.165, 1.54) is 0 Å². The van der Waals surface area contributed by atoms with Crippen molar-refractivity contribution in [2.45, 2.75) is 31.8 Å². The van der Waals surface area contributed by atoms with Crippen molar-refractivity contribution in [1.82, 2.24) is 9.97 Å². The summed E-state index contributed by atoms with van der Waals surface area (Å²) >= 11 is 5.82. The standard InChI is InChI=1S/C10H15ClN4/c1-7-4-8(12)2-3-15(7)10-6-13-5-9(11)14-10/h5-8H,2-4,12H2,1H3. The quantitative estimate of drug-likeness (QED) is 0.788. The summed E-state index contributed by atoms with van der Waals surface area (Å²) in [5.74, 6) is 0.849. The Bertz CT molecular complexity index is 344. The number of anilines is 1. The SMILES string of the molecule is CC1CC(N)CCN1c1cncc(Cl)n1. The molecule has 0 radical (unpaired) electrons. The molecule has 2 heterocycles. The van der Waals surface area contributed by atoms with E-state index < -0.39 is 0 Å². The van der Waals surface area contributed by atoms with Crippen molar-refractivity contribution < 1.29 is 0 Å². The monoisotopic (exact) mass is 226 g/mol. The molecule has 1 aliphatic rings. The molecule has 0 aromatic carbocycles.